The molecule has 4 heteroatoms. The number of amides is 1. The Morgan fingerprint density at radius 1 is 1.26 bits per heavy atom. The van der Waals surface area contributed by atoms with Gasteiger partial charge in [-0.05, 0) is 25.8 Å². The number of hydrogen-bond donors (Lipinski definition) is 1. The average Bonchev–Trinajstić information content (AvgIpc) is 2.81. The molecule has 2 rings (SSSR count). The fourth-order valence-electron chi connectivity index (χ4n) is 1.76. The first-order valence-corrected chi connectivity index (χ1v) is 7.18. The zero-order chi connectivity index (χ0) is 13.7. The third-order valence-corrected chi connectivity index (χ3v) is 3.78. The van der Waals surface area contributed by atoms with E-state index in [1.807, 2.05) is 13.1 Å². The fourth-order valence-corrected chi connectivity index (χ4v) is 2.49. The molecule has 0 bridgehead atoms. The smallest absolute Gasteiger partial charge is 0.220 e. The summed E-state index contributed by atoms with van der Waals surface area (Å²) in [6, 6.07) is 8.30. The molecule has 0 aliphatic carbocycles. The molecule has 1 amide bonds. The first kappa shape index (κ1) is 13.7. The molecule has 0 saturated heterocycles. The van der Waals surface area contributed by atoms with Crippen LogP contribution in [0.4, 0.5) is 0 Å². The second-order valence-electron chi connectivity index (χ2n) is 4.63. The molecule has 0 radical (unpaired) electrons. The number of hydrogen-bond acceptors (Lipinski definition) is 3. The lowest BCUT2D eigenvalue weighted by Gasteiger charge is -2.04. The van der Waals surface area contributed by atoms with Crippen molar-refractivity contribution in [2.24, 2.45) is 0 Å². The third kappa shape index (κ3) is 4.48. The molecular weight excluding hydrogens is 256 g/mol. The molecule has 0 spiro atoms. The Morgan fingerprint density at radius 3 is 2.63 bits per heavy atom. The normalized spacial score (nSPS) is 10.4. The number of nitrogens with one attached hydrogen (secondary N) is 1. The van der Waals surface area contributed by atoms with Gasteiger partial charge in [0.25, 0.3) is 0 Å². The van der Waals surface area contributed by atoms with Gasteiger partial charge in [-0.3, -0.25) is 4.79 Å². The highest BCUT2D eigenvalue weighted by Gasteiger charge is 2.04. The molecule has 19 heavy (non-hydrogen) atoms. The summed E-state index contributed by atoms with van der Waals surface area (Å²) in [5.41, 5.74) is 2.44. The molecule has 0 aliphatic heterocycles. The minimum atomic E-state index is 0.0772. The summed E-state index contributed by atoms with van der Waals surface area (Å²) in [7, 11) is 0. The number of rotatable bonds is 5. The first-order chi connectivity index (χ1) is 9.13. The number of aromatic nitrogens is 1. The van der Waals surface area contributed by atoms with Gasteiger partial charge in [-0.25, -0.2) is 4.98 Å². The Balaban J connectivity index is 1.74. The maximum atomic E-state index is 11.7. The molecule has 1 aromatic heterocycles. The highest BCUT2D eigenvalue weighted by Crippen LogP contribution is 2.10. The van der Waals surface area contributed by atoms with Gasteiger partial charge < -0.3 is 5.32 Å². The predicted octanol–water partition coefficient (Wildman–Crippen LogP) is 3.01. The third-order valence-electron chi connectivity index (χ3n) is 2.87. The van der Waals surface area contributed by atoms with Crippen molar-refractivity contribution in [3.63, 3.8) is 0 Å². The number of benzene rings is 1. The van der Waals surface area contributed by atoms with Crippen molar-refractivity contribution in [2.45, 2.75) is 33.2 Å². The van der Waals surface area contributed by atoms with Gasteiger partial charge in [0.05, 0.1) is 6.54 Å². The number of carbonyl (C=O) groups is 1. The SMILES string of the molecule is Cc1ccc(CCC(=O)NCc2ncc(C)s2)cc1. The second-order valence-corrected chi connectivity index (χ2v) is 5.95. The quantitative estimate of drug-likeness (QED) is 0.910. The van der Waals surface area contributed by atoms with Gasteiger partial charge in [0.1, 0.15) is 5.01 Å². The lowest BCUT2D eigenvalue weighted by atomic mass is 10.1. The monoisotopic (exact) mass is 274 g/mol. The van der Waals surface area contributed by atoms with E-state index in [0.29, 0.717) is 13.0 Å². The Bertz CT molecular complexity index is 546. The molecule has 1 heterocycles. The van der Waals surface area contributed by atoms with Crippen molar-refractivity contribution >= 4 is 17.2 Å². The Labute approximate surface area is 117 Å². The lowest BCUT2D eigenvalue weighted by molar-refractivity contribution is -0.121. The summed E-state index contributed by atoms with van der Waals surface area (Å²) in [6.45, 7) is 4.61. The topological polar surface area (TPSA) is 42.0 Å². The first-order valence-electron chi connectivity index (χ1n) is 6.37. The van der Waals surface area contributed by atoms with Crippen LogP contribution in [-0.2, 0) is 17.8 Å². The van der Waals surface area contributed by atoms with E-state index in [0.717, 1.165) is 11.4 Å². The summed E-state index contributed by atoms with van der Waals surface area (Å²) in [5, 5.41) is 3.86. The molecule has 2 aromatic rings. The van der Waals surface area contributed by atoms with Gasteiger partial charge >= 0.3 is 0 Å². The van der Waals surface area contributed by atoms with Gasteiger partial charge in [0.15, 0.2) is 0 Å². The van der Waals surface area contributed by atoms with Crippen molar-refractivity contribution in [1.82, 2.24) is 10.3 Å². The molecule has 3 nitrogen and oxygen atoms in total. The highest BCUT2D eigenvalue weighted by atomic mass is 32.1. The van der Waals surface area contributed by atoms with Crippen molar-refractivity contribution in [2.75, 3.05) is 0 Å². The molecule has 1 aromatic carbocycles. The van der Waals surface area contributed by atoms with Crippen LogP contribution in [0.2, 0.25) is 0 Å². The van der Waals surface area contributed by atoms with Crippen LogP contribution in [0.3, 0.4) is 0 Å². The van der Waals surface area contributed by atoms with Crippen LogP contribution in [0.5, 0.6) is 0 Å². The van der Waals surface area contributed by atoms with E-state index in [4.69, 9.17) is 0 Å². The summed E-state index contributed by atoms with van der Waals surface area (Å²) in [5.74, 6) is 0.0772. The van der Waals surface area contributed by atoms with E-state index in [9.17, 15) is 4.79 Å². The summed E-state index contributed by atoms with van der Waals surface area (Å²) < 4.78 is 0. The maximum Gasteiger partial charge on any atom is 0.220 e. The Hall–Kier alpha value is -1.68. The van der Waals surface area contributed by atoms with Crippen molar-refractivity contribution in [1.29, 1.82) is 0 Å². The van der Waals surface area contributed by atoms with Gasteiger partial charge in [0.2, 0.25) is 5.91 Å². The maximum absolute atomic E-state index is 11.7. The van der Waals surface area contributed by atoms with Crippen LogP contribution >= 0.6 is 11.3 Å². The van der Waals surface area contributed by atoms with Crippen LogP contribution in [0.1, 0.15) is 27.4 Å². The molecule has 0 unspecified atom stereocenters. The zero-order valence-electron chi connectivity index (χ0n) is 11.3. The number of nitrogens with zero attached hydrogens (tertiary/aromatic N) is 1. The largest absolute Gasteiger partial charge is 0.350 e. The van der Waals surface area contributed by atoms with E-state index in [-0.39, 0.29) is 5.91 Å². The van der Waals surface area contributed by atoms with E-state index in [2.05, 4.69) is 41.5 Å². The standard InChI is InChI=1S/C15H18N2OS/c1-11-3-5-13(6-4-11)7-8-14(18)16-10-15-17-9-12(2)19-15/h3-6,9H,7-8,10H2,1-2H3,(H,16,18). The molecule has 0 aliphatic rings. The minimum absolute atomic E-state index is 0.0772. The highest BCUT2D eigenvalue weighted by molar-refractivity contribution is 7.11. The van der Waals surface area contributed by atoms with Crippen molar-refractivity contribution < 1.29 is 4.79 Å². The summed E-state index contributed by atoms with van der Waals surface area (Å²) in [6.07, 6.45) is 3.13. The molecular formula is C15H18N2OS. The summed E-state index contributed by atoms with van der Waals surface area (Å²) in [4.78, 5) is 17.1. The Kier molecular flexibility index (Phi) is 4.68. The van der Waals surface area contributed by atoms with Crippen LogP contribution in [0.15, 0.2) is 30.5 Å². The van der Waals surface area contributed by atoms with Crippen molar-refractivity contribution in [3.05, 3.63) is 51.5 Å². The molecule has 100 valence electrons. The fraction of sp³-hybridized carbons (Fsp3) is 0.333. The van der Waals surface area contributed by atoms with E-state index >= 15 is 0 Å². The van der Waals surface area contributed by atoms with Crippen LogP contribution in [0.25, 0.3) is 0 Å². The average molecular weight is 274 g/mol. The van der Waals surface area contributed by atoms with Crippen LogP contribution in [0, 0.1) is 13.8 Å². The molecule has 0 saturated carbocycles. The molecule has 1 N–H and O–H groups in total. The number of carbonyl (C=O) groups excluding carboxylic acids is 1. The summed E-state index contributed by atoms with van der Waals surface area (Å²) >= 11 is 1.62. The number of thiazole rings is 1. The van der Waals surface area contributed by atoms with Gasteiger partial charge in [0, 0.05) is 17.5 Å². The van der Waals surface area contributed by atoms with E-state index < -0.39 is 0 Å². The van der Waals surface area contributed by atoms with Crippen LogP contribution < -0.4 is 5.32 Å². The number of aryl methyl sites for hydroxylation is 3. The van der Waals surface area contributed by atoms with Crippen molar-refractivity contribution in [3.8, 4) is 0 Å². The Morgan fingerprint density at radius 2 is 2.00 bits per heavy atom. The van der Waals surface area contributed by atoms with E-state index in [1.165, 1.54) is 16.0 Å². The zero-order valence-corrected chi connectivity index (χ0v) is 12.1. The molecule has 0 fully saturated rings. The predicted molar refractivity (Wildman–Crippen MR) is 78.2 cm³/mol. The van der Waals surface area contributed by atoms with Crippen LogP contribution in [-0.4, -0.2) is 10.9 Å². The van der Waals surface area contributed by atoms with Gasteiger partial charge in [-0.2, -0.15) is 0 Å². The minimum Gasteiger partial charge on any atom is -0.350 e. The molecule has 0 atom stereocenters. The van der Waals surface area contributed by atoms with Gasteiger partial charge in [-0.15, -0.1) is 11.3 Å². The second kappa shape index (κ2) is 6.48. The lowest BCUT2D eigenvalue weighted by Crippen LogP contribution is -2.22. The van der Waals surface area contributed by atoms with E-state index in [1.54, 1.807) is 11.3 Å². The van der Waals surface area contributed by atoms with Gasteiger partial charge in [-0.1, -0.05) is 29.8 Å².